The molecule has 1 heterocycles. The van der Waals surface area contributed by atoms with Crippen molar-refractivity contribution in [3.05, 3.63) is 54.7 Å². The second-order valence-corrected chi connectivity index (χ2v) is 4.82. The fourth-order valence-electron chi connectivity index (χ4n) is 2.08. The summed E-state index contributed by atoms with van der Waals surface area (Å²) in [6.07, 6.45) is -3.03. The molecule has 0 aliphatic heterocycles. The van der Waals surface area contributed by atoms with Gasteiger partial charge in [0.25, 0.3) is 0 Å². The van der Waals surface area contributed by atoms with Crippen molar-refractivity contribution in [2.45, 2.75) is 6.36 Å². The maximum Gasteiger partial charge on any atom is 0.573 e. The molecule has 0 atom stereocenters. The molecule has 8 heteroatoms. The lowest BCUT2D eigenvalue weighted by molar-refractivity contribution is -0.274. The van der Waals surface area contributed by atoms with Gasteiger partial charge in [-0.2, -0.15) is 0 Å². The Kier molecular flexibility index (Phi) is 4.11. The van der Waals surface area contributed by atoms with Crippen LogP contribution in [-0.2, 0) is 0 Å². The van der Waals surface area contributed by atoms with Gasteiger partial charge in [0.15, 0.2) is 0 Å². The maximum atomic E-state index is 12.2. The number of aromatic nitrogens is 3. The molecule has 0 bridgehead atoms. The summed E-state index contributed by atoms with van der Waals surface area (Å²) < 4.78 is 46.9. The first-order chi connectivity index (χ1) is 11.4. The second kappa shape index (κ2) is 6.23. The maximum absolute atomic E-state index is 12.2. The second-order valence-electron chi connectivity index (χ2n) is 4.82. The van der Waals surface area contributed by atoms with Crippen LogP contribution in [0.15, 0.2) is 54.7 Å². The molecule has 0 aliphatic carbocycles. The van der Waals surface area contributed by atoms with Gasteiger partial charge < -0.3 is 9.47 Å². The standard InChI is InChI=1S/C16H12F3N3O2/c1-23-13-8-4-12(5-9-13)22-10-15(20-21-22)11-2-6-14(7-3-11)24-16(17,18)19/h2-10H,1H3. The van der Waals surface area contributed by atoms with Crippen LogP contribution in [0.25, 0.3) is 16.9 Å². The van der Waals surface area contributed by atoms with Crippen LogP contribution in [-0.4, -0.2) is 28.5 Å². The van der Waals surface area contributed by atoms with E-state index >= 15 is 0 Å². The average Bonchev–Trinajstić information content (AvgIpc) is 3.04. The molecule has 0 saturated heterocycles. The lowest BCUT2D eigenvalue weighted by Crippen LogP contribution is -2.16. The zero-order valence-electron chi connectivity index (χ0n) is 12.5. The SMILES string of the molecule is COc1ccc(-n2cc(-c3ccc(OC(F)(F)F)cc3)nn2)cc1. The molecule has 0 saturated carbocycles. The predicted molar refractivity (Wildman–Crippen MR) is 80.0 cm³/mol. The van der Waals surface area contributed by atoms with Crippen LogP contribution in [0.2, 0.25) is 0 Å². The Labute approximate surface area is 135 Å². The number of benzene rings is 2. The van der Waals surface area contributed by atoms with Crippen molar-refractivity contribution in [1.29, 1.82) is 0 Å². The van der Waals surface area contributed by atoms with Gasteiger partial charge in [0.2, 0.25) is 0 Å². The largest absolute Gasteiger partial charge is 0.573 e. The molecule has 3 aromatic rings. The topological polar surface area (TPSA) is 49.2 Å². The quantitative estimate of drug-likeness (QED) is 0.727. The summed E-state index contributed by atoms with van der Waals surface area (Å²) in [6.45, 7) is 0. The molecular weight excluding hydrogens is 323 g/mol. The van der Waals surface area contributed by atoms with Gasteiger partial charge >= 0.3 is 6.36 Å². The van der Waals surface area contributed by atoms with Gasteiger partial charge in [-0.05, 0) is 48.5 Å². The third-order valence-electron chi connectivity index (χ3n) is 3.21. The molecule has 0 amide bonds. The Morgan fingerprint density at radius 1 is 0.917 bits per heavy atom. The van der Waals surface area contributed by atoms with Crippen LogP contribution >= 0.6 is 0 Å². The van der Waals surface area contributed by atoms with Gasteiger partial charge in [-0.1, -0.05) is 5.21 Å². The van der Waals surface area contributed by atoms with Crippen LogP contribution in [0.1, 0.15) is 0 Å². The number of nitrogens with zero attached hydrogens (tertiary/aromatic N) is 3. The highest BCUT2D eigenvalue weighted by molar-refractivity contribution is 5.59. The van der Waals surface area contributed by atoms with E-state index in [-0.39, 0.29) is 5.75 Å². The minimum Gasteiger partial charge on any atom is -0.497 e. The van der Waals surface area contributed by atoms with Gasteiger partial charge in [-0.3, -0.25) is 0 Å². The summed E-state index contributed by atoms with van der Waals surface area (Å²) in [6, 6.07) is 12.7. The fraction of sp³-hybridized carbons (Fsp3) is 0.125. The van der Waals surface area contributed by atoms with Gasteiger partial charge in [0.1, 0.15) is 17.2 Å². The normalized spacial score (nSPS) is 11.3. The van der Waals surface area contributed by atoms with Crippen molar-refractivity contribution in [1.82, 2.24) is 15.0 Å². The van der Waals surface area contributed by atoms with E-state index in [4.69, 9.17) is 4.74 Å². The van der Waals surface area contributed by atoms with E-state index in [1.807, 2.05) is 12.1 Å². The number of hydrogen-bond donors (Lipinski definition) is 0. The van der Waals surface area contributed by atoms with Crippen molar-refractivity contribution < 1.29 is 22.6 Å². The molecule has 24 heavy (non-hydrogen) atoms. The van der Waals surface area contributed by atoms with E-state index in [0.29, 0.717) is 11.3 Å². The molecule has 1 aromatic heterocycles. The number of methoxy groups -OCH3 is 1. The van der Waals surface area contributed by atoms with Crippen LogP contribution in [0.4, 0.5) is 13.2 Å². The number of ether oxygens (including phenoxy) is 2. The molecule has 3 rings (SSSR count). The first-order valence-electron chi connectivity index (χ1n) is 6.87. The van der Waals surface area contributed by atoms with Crippen molar-refractivity contribution in [3.63, 3.8) is 0 Å². The minimum atomic E-state index is -4.71. The lowest BCUT2D eigenvalue weighted by Gasteiger charge is -2.08. The summed E-state index contributed by atoms with van der Waals surface area (Å²) in [4.78, 5) is 0. The van der Waals surface area contributed by atoms with Gasteiger partial charge in [-0.15, -0.1) is 18.3 Å². The zero-order valence-corrected chi connectivity index (χ0v) is 12.5. The van der Waals surface area contributed by atoms with Crippen molar-refractivity contribution in [3.8, 4) is 28.4 Å². The Morgan fingerprint density at radius 2 is 1.54 bits per heavy atom. The minimum absolute atomic E-state index is 0.284. The first kappa shape index (κ1) is 15.9. The summed E-state index contributed by atoms with van der Waals surface area (Å²) in [5.74, 6) is 0.438. The predicted octanol–water partition coefficient (Wildman–Crippen LogP) is 3.84. The van der Waals surface area contributed by atoms with Crippen LogP contribution in [0.3, 0.4) is 0 Å². The smallest absolute Gasteiger partial charge is 0.497 e. The van der Waals surface area contributed by atoms with Gasteiger partial charge in [0, 0.05) is 5.56 Å². The van der Waals surface area contributed by atoms with Crippen LogP contribution in [0.5, 0.6) is 11.5 Å². The highest BCUT2D eigenvalue weighted by Gasteiger charge is 2.30. The van der Waals surface area contributed by atoms with Crippen molar-refractivity contribution in [2.24, 2.45) is 0 Å². The van der Waals surface area contributed by atoms with Crippen molar-refractivity contribution in [2.75, 3.05) is 7.11 Å². The lowest BCUT2D eigenvalue weighted by atomic mass is 10.1. The monoisotopic (exact) mass is 335 g/mol. The third-order valence-corrected chi connectivity index (χ3v) is 3.21. The van der Waals surface area contributed by atoms with E-state index in [2.05, 4.69) is 15.0 Å². The Morgan fingerprint density at radius 3 is 2.12 bits per heavy atom. The fourth-order valence-corrected chi connectivity index (χ4v) is 2.08. The van der Waals surface area contributed by atoms with Crippen LogP contribution < -0.4 is 9.47 Å². The first-order valence-corrected chi connectivity index (χ1v) is 6.87. The Hall–Kier alpha value is -3.03. The molecule has 124 valence electrons. The molecule has 0 unspecified atom stereocenters. The molecule has 0 radical (unpaired) electrons. The van der Waals surface area contributed by atoms with E-state index in [9.17, 15) is 13.2 Å². The number of hydrogen-bond acceptors (Lipinski definition) is 4. The molecular formula is C16H12F3N3O2. The number of rotatable bonds is 4. The Balaban J connectivity index is 1.79. The van der Waals surface area contributed by atoms with E-state index in [1.165, 1.54) is 24.3 Å². The molecule has 0 N–H and O–H groups in total. The van der Waals surface area contributed by atoms with Crippen molar-refractivity contribution >= 4 is 0 Å². The summed E-state index contributed by atoms with van der Waals surface area (Å²) in [5.41, 5.74) is 1.94. The highest BCUT2D eigenvalue weighted by Crippen LogP contribution is 2.26. The van der Waals surface area contributed by atoms with E-state index in [0.717, 1.165) is 11.4 Å². The number of halogens is 3. The number of alkyl halides is 3. The Bertz CT molecular complexity index is 812. The van der Waals surface area contributed by atoms with Crippen LogP contribution in [0, 0.1) is 0 Å². The molecule has 5 nitrogen and oxygen atoms in total. The van der Waals surface area contributed by atoms with Gasteiger partial charge in [0.05, 0.1) is 19.0 Å². The molecule has 0 fully saturated rings. The summed E-state index contributed by atoms with van der Waals surface area (Å²) in [7, 11) is 1.58. The van der Waals surface area contributed by atoms with Gasteiger partial charge in [-0.25, -0.2) is 4.68 Å². The van der Waals surface area contributed by atoms with E-state index < -0.39 is 6.36 Å². The molecule has 0 aliphatic rings. The zero-order chi connectivity index (χ0) is 17.2. The molecule has 2 aromatic carbocycles. The third kappa shape index (κ3) is 3.65. The van der Waals surface area contributed by atoms with E-state index in [1.54, 1.807) is 30.1 Å². The average molecular weight is 335 g/mol. The summed E-state index contributed by atoms with van der Waals surface area (Å²) >= 11 is 0. The summed E-state index contributed by atoms with van der Waals surface area (Å²) in [5, 5.41) is 8.04. The molecule has 0 spiro atoms. The highest BCUT2D eigenvalue weighted by atomic mass is 19.4.